The maximum absolute atomic E-state index is 14.5. The van der Waals surface area contributed by atoms with Gasteiger partial charge < -0.3 is 5.32 Å². The summed E-state index contributed by atoms with van der Waals surface area (Å²) in [5.41, 5.74) is 4.72. The highest BCUT2D eigenvalue weighted by molar-refractivity contribution is 5.74. The summed E-state index contributed by atoms with van der Waals surface area (Å²) in [4.78, 5) is 6.73. The molecule has 164 valence electrons. The molecule has 2 aliphatic rings. The predicted octanol–water partition coefficient (Wildman–Crippen LogP) is 3.53. The fourth-order valence-corrected chi connectivity index (χ4v) is 4.23. The summed E-state index contributed by atoms with van der Waals surface area (Å²) in [6.07, 6.45) is 4.02. The number of piperidine rings is 1. The summed E-state index contributed by atoms with van der Waals surface area (Å²) in [5.74, 6) is -0.315. The number of hydrogen-bond donors (Lipinski definition) is 1. The minimum atomic E-state index is -0.652. The van der Waals surface area contributed by atoms with Gasteiger partial charge in [0.15, 0.2) is 0 Å². The molecule has 0 spiro atoms. The van der Waals surface area contributed by atoms with Crippen molar-refractivity contribution in [3.63, 3.8) is 0 Å². The number of fused-ring (bicyclic) bond motifs is 1. The Labute approximate surface area is 185 Å². The number of halogens is 2. The number of hydrogen-bond acceptors (Lipinski definition) is 4. The van der Waals surface area contributed by atoms with Gasteiger partial charge in [-0.1, -0.05) is 18.7 Å². The van der Waals surface area contributed by atoms with Crippen LogP contribution in [0.3, 0.4) is 0 Å². The van der Waals surface area contributed by atoms with Gasteiger partial charge in [0.1, 0.15) is 12.0 Å². The van der Waals surface area contributed by atoms with Gasteiger partial charge in [-0.2, -0.15) is 5.10 Å². The Kier molecular flexibility index (Phi) is 5.35. The highest BCUT2D eigenvalue weighted by atomic mass is 19.1. The van der Waals surface area contributed by atoms with E-state index in [1.54, 1.807) is 30.2 Å². The number of nitrogens with one attached hydrogen (secondary N) is 1. The third kappa shape index (κ3) is 4.08. The highest BCUT2D eigenvalue weighted by Gasteiger charge is 2.19. The molecule has 2 aliphatic heterocycles. The van der Waals surface area contributed by atoms with Gasteiger partial charge in [-0.05, 0) is 36.6 Å². The molecule has 0 bridgehead atoms. The van der Waals surface area contributed by atoms with E-state index in [4.69, 9.17) is 0 Å². The Bertz CT molecular complexity index is 1280. The summed E-state index contributed by atoms with van der Waals surface area (Å²) >= 11 is 0. The second-order valence-corrected chi connectivity index (χ2v) is 8.46. The van der Waals surface area contributed by atoms with Crippen molar-refractivity contribution in [1.82, 2.24) is 14.7 Å². The third-order valence-corrected chi connectivity index (χ3v) is 6.05. The lowest BCUT2D eigenvalue weighted by atomic mass is 10.0. The van der Waals surface area contributed by atoms with Crippen LogP contribution in [0.4, 0.5) is 14.5 Å². The Morgan fingerprint density at radius 2 is 1.94 bits per heavy atom. The normalized spacial score (nSPS) is 16.3. The SMILES string of the molecule is C=C(Nc1ccc(CN2CCC(F)CC2)cc1)C1=c2cc(-c3cnn(C)c3)c(F)cc2=N1. The summed E-state index contributed by atoms with van der Waals surface area (Å²) in [6.45, 7) is 6.57. The zero-order valence-electron chi connectivity index (χ0n) is 18.0. The zero-order valence-corrected chi connectivity index (χ0v) is 18.0. The Balaban J connectivity index is 1.29. The predicted molar refractivity (Wildman–Crippen MR) is 121 cm³/mol. The minimum Gasteiger partial charge on any atom is -0.354 e. The maximum Gasteiger partial charge on any atom is 0.133 e. The Morgan fingerprint density at radius 1 is 1.19 bits per heavy atom. The van der Waals surface area contributed by atoms with Crippen molar-refractivity contribution in [2.75, 3.05) is 18.4 Å². The molecular formula is C25H25F2N5. The molecule has 32 heavy (non-hydrogen) atoms. The van der Waals surface area contributed by atoms with Crippen molar-refractivity contribution in [2.45, 2.75) is 25.6 Å². The van der Waals surface area contributed by atoms with Crippen LogP contribution >= 0.6 is 0 Å². The van der Waals surface area contributed by atoms with Gasteiger partial charge in [-0.15, -0.1) is 0 Å². The van der Waals surface area contributed by atoms with Crippen molar-refractivity contribution in [2.24, 2.45) is 12.0 Å². The number of alkyl halides is 1. The van der Waals surface area contributed by atoms with Crippen molar-refractivity contribution < 1.29 is 8.78 Å². The van der Waals surface area contributed by atoms with E-state index < -0.39 is 6.17 Å². The van der Waals surface area contributed by atoms with E-state index in [1.807, 2.05) is 12.1 Å². The smallest absolute Gasteiger partial charge is 0.133 e. The largest absolute Gasteiger partial charge is 0.354 e. The molecule has 0 saturated carbocycles. The van der Waals surface area contributed by atoms with Crippen LogP contribution in [0.15, 0.2) is 66.1 Å². The molecule has 2 aromatic carbocycles. The molecule has 0 aliphatic carbocycles. The number of aromatic nitrogens is 2. The van der Waals surface area contributed by atoms with Crippen molar-refractivity contribution in [3.8, 4) is 11.1 Å². The van der Waals surface area contributed by atoms with E-state index in [2.05, 4.69) is 39.0 Å². The number of benzene rings is 2. The first-order valence-corrected chi connectivity index (χ1v) is 10.8. The molecule has 5 nitrogen and oxygen atoms in total. The van der Waals surface area contributed by atoms with E-state index >= 15 is 0 Å². The zero-order chi connectivity index (χ0) is 22.2. The number of anilines is 1. The van der Waals surface area contributed by atoms with Crippen LogP contribution in [-0.4, -0.2) is 33.9 Å². The first kappa shape index (κ1) is 20.6. The molecule has 1 fully saturated rings. The summed E-state index contributed by atoms with van der Waals surface area (Å²) in [5, 5.41) is 8.93. The van der Waals surface area contributed by atoms with Crippen LogP contribution < -0.4 is 15.9 Å². The van der Waals surface area contributed by atoms with E-state index in [0.717, 1.165) is 41.8 Å². The molecule has 0 unspecified atom stereocenters. The first-order chi connectivity index (χ1) is 15.5. The Morgan fingerprint density at radius 3 is 2.62 bits per heavy atom. The third-order valence-electron chi connectivity index (χ3n) is 6.05. The number of nitrogens with zero attached hydrogens (tertiary/aromatic N) is 4. The van der Waals surface area contributed by atoms with E-state index in [9.17, 15) is 8.78 Å². The standard InChI is InChI=1S/C25H25F2N5/c1-16(29-20-5-3-17(4-6-20)14-32-9-7-19(26)8-10-32)25-22-11-21(18-13-28-31(2)15-18)23(27)12-24(22)30-25/h3-6,11-13,15,19,29H,1,7-10,14H2,2H3. The molecule has 1 saturated heterocycles. The van der Waals surface area contributed by atoms with Crippen LogP contribution in [-0.2, 0) is 13.6 Å². The quantitative estimate of drug-likeness (QED) is 0.647. The van der Waals surface area contributed by atoms with Crippen LogP contribution in [0.5, 0.6) is 0 Å². The van der Waals surface area contributed by atoms with Crippen molar-refractivity contribution >= 4 is 11.4 Å². The number of likely N-dealkylation sites (tertiary alicyclic amines) is 1. The van der Waals surface area contributed by atoms with Gasteiger partial charge in [-0.3, -0.25) is 9.58 Å². The van der Waals surface area contributed by atoms with Gasteiger partial charge in [-0.25, -0.2) is 13.8 Å². The second-order valence-electron chi connectivity index (χ2n) is 8.46. The van der Waals surface area contributed by atoms with Gasteiger partial charge in [0.05, 0.1) is 22.9 Å². The minimum absolute atomic E-state index is 0.315. The topological polar surface area (TPSA) is 45.5 Å². The molecule has 3 heterocycles. The molecule has 0 amide bonds. The fourth-order valence-electron chi connectivity index (χ4n) is 4.23. The molecule has 1 N–H and O–H groups in total. The van der Waals surface area contributed by atoms with Gasteiger partial charge in [0.2, 0.25) is 0 Å². The summed E-state index contributed by atoms with van der Waals surface area (Å²) in [7, 11) is 1.80. The van der Waals surface area contributed by atoms with Crippen LogP contribution in [0.1, 0.15) is 18.4 Å². The summed E-state index contributed by atoms with van der Waals surface area (Å²) in [6, 6.07) is 11.4. The van der Waals surface area contributed by atoms with Crippen LogP contribution in [0.25, 0.3) is 16.8 Å². The highest BCUT2D eigenvalue weighted by Crippen LogP contribution is 2.23. The molecule has 0 radical (unpaired) electrons. The number of aryl methyl sites for hydroxylation is 1. The lowest BCUT2D eigenvalue weighted by Gasteiger charge is -2.28. The summed E-state index contributed by atoms with van der Waals surface area (Å²) < 4.78 is 29.5. The van der Waals surface area contributed by atoms with Crippen molar-refractivity contribution in [1.29, 1.82) is 0 Å². The van der Waals surface area contributed by atoms with Gasteiger partial charge in [0.25, 0.3) is 0 Å². The second kappa shape index (κ2) is 8.31. The average molecular weight is 434 g/mol. The molecule has 1 aromatic heterocycles. The first-order valence-electron chi connectivity index (χ1n) is 10.8. The maximum atomic E-state index is 14.5. The molecule has 5 rings (SSSR count). The average Bonchev–Trinajstić information content (AvgIpc) is 3.19. The monoisotopic (exact) mass is 433 g/mol. The Hall–Kier alpha value is -3.32. The fraction of sp³-hybridized carbons (Fsp3) is 0.280. The van der Waals surface area contributed by atoms with Crippen molar-refractivity contribution in [3.05, 3.63) is 83.0 Å². The lowest BCUT2D eigenvalue weighted by molar-refractivity contribution is 0.145. The molecule has 0 atom stereocenters. The van der Waals surface area contributed by atoms with Gasteiger partial charge >= 0.3 is 0 Å². The van der Waals surface area contributed by atoms with E-state index in [-0.39, 0.29) is 5.82 Å². The molecule has 7 heteroatoms. The molecular weight excluding hydrogens is 408 g/mol. The van der Waals surface area contributed by atoms with Crippen LogP contribution in [0.2, 0.25) is 0 Å². The van der Waals surface area contributed by atoms with E-state index in [1.165, 1.54) is 11.6 Å². The van der Waals surface area contributed by atoms with Gasteiger partial charge in [0, 0.05) is 61.0 Å². The van der Waals surface area contributed by atoms with Crippen LogP contribution in [0, 0.1) is 5.82 Å². The molecule has 3 aromatic rings. The lowest BCUT2D eigenvalue weighted by Crippen LogP contribution is -2.37. The van der Waals surface area contributed by atoms with E-state index in [0.29, 0.717) is 29.5 Å². The number of rotatable bonds is 6.